The summed E-state index contributed by atoms with van der Waals surface area (Å²) in [4.78, 5) is 2.45. The van der Waals surface area contributed by atoms with Gasteiger partial charge in [0.05, 0.1) is 12.7 Å². The number of nitrogens with zero attached hydrogens (tertiary/aromatic N) is 1. The Bertz CT molecular complexity index is 431. The summed E-state index contributed by atoms with van der Waals surface area (Å²) in [5, 5.41) is 0.350. The lowest BCUT2D eigenvalue weighted by Gasteiger charge is -2.30. The zero-order chi connectivity index (χ0) is 13.9. The average Bonchev–Trinajstić information content (AvgIpc) is 2.91. The SMILES string of the molecule is Fc1ccc(C2COC(CN3CCC(Cl)CC3)C2)cc1. The zero-order valence-corrected chi connectivity index (χ0v) is 12.4. The normalized spacial score (nSPS) is 28.9. The second-order valence-electron chi connectivity index (χ2n) is 5.91. The third-order valence-electron chi connectivity index (χ3n) is 4.40. The van der Waals surface area contributed by atoms with E-state index in [9.17, 15) is 4.39 Å². The number of ether oxygens (including phenoxy) is 1. The summed E-state index contributed by atoms with van der Waals surface area (Å²) in [6.07, 6.45) is 3.49. The topological polar surface area (TPSA) is 12.5 Å². The number of hydrogen-bond donors (Lipinski definition) is 0. The molecular weight excluding hydrogens is 277 g/mol. The summed E-state index contributed by atoms with van der Waals surface area (Å²) in [7, 11) is 0. The molecule has 2 nitrogen and oxygen atoms in total. The molecule has 3 rings (SSSR count). The third-order valence-corrected chi connectivity index (χ3v) is 4.84. The largest absolute Gasteiger partial charge is 0.376 e. The molecule has 4 heteroatoms. The Kier molecular flexibility index (Phi) is 4.59. The van der Waals surface area contributed by atoms with Crippen molar-refractivity contribution in [1.29, 1.82) is 0 Å². The van der Waals surface area contributed by atoms with E-state index in [1.165, 1.54) is 17.7 Å². The lowest BCUT2D eigenvalue weighted by atomic mass is 9.96. The Balaban J connectivity index is 1.50. The standard InChI is InChI=1S/C16H21ClFNO/c17-14-5-7-19(8-6-14)10-16-9-13(11-20-16)12-1-3-15(18)4-2-12/h1-4,13-14,16H,5-11H2. The predicted molar refractivity (Wildman–Crippen MR) is 78.8 cm³/mol. The highest BCUT2D eigenvalue weighted by molar-refractivity contribution is 6.20. The first-order valence-corrected chi connectivity index (χ1v) is 7.88. The zero-order valence-electron chi connectivity index (χ0n) is 11.6. The number of piperidine rings is 1. The van der Waals surface area contributed by atoms with Gasteiger partial charge in [-0.1, -0.05) is 12.1 Å². The molecule has 0 amide bonds. The van der Waals surface area contributed by atoms with Crippen molar-refractivity contribution < 1.29 is 9.13 Å². The van der Waals surface area contributed by atoms with Crippen LogP contribution in [0.25, 0.3) is 0 Å². The van der Waals surface area contributed by atoms with Gasteiger partial charge in [-0.25, -0.2) is 4.39 Å². The van der Waals surface area contributed by atoms with E-state index >= 15 is 0 Å². The molecule has 2 atom stereocenters. The van der Waals surface area contributed by atoms with Crippen LogP contribution in [0.4, 0.5) is 4.39 Å². The smallest absolute Gasteiger partial charge is 0.123 e. The molecular formula is C16H21ClFNO. The molecule has 2 heterocycles. The molecule has 0 bridgehead atoms. The number of alkyl halides is 1. The average molecular weight is 298 g/mol. The maximum absolute atomic E-state index is 12.9. The maximum atomic E-state index is 12.9. The van der Waals surface area contributed by atoms with E-state index in [1.54, 1.807) is 0 Å². The summed E-state index contributed by atoms with van der Waals surface area (Å²) in [5.74, 6) is 0.235. The molecule has 0 radical (unpaired) electrons. The van der Waals surface area contributed by atoms with Crippen molar-refractivity contribution in [3.63, 3.8) is 0 Å². The van der Waals surface area contributed by atoms with E-state index in [0.717, 1.165) is 45.5 Å². The van der Waals surface area contributed by atoms with Gasteiger partial charge in [-0.15, -0.1) is 11.6 Å². The van der Waals surface area contributed by atoms with E-state index in [4.69, 9.17) is 16.3 Å². The van der Waals surface area contributed by atoms with Gasteiger partial charge in [0.1, 0.15) is 5.82 Å². The lowest BCUT2D eigenvalue weighted by molar-refractivity contribution is 0.0664. The molecule has 2 fully saturated rings. The van der Waals surface area contributed by atoms with Crippen molar-refractivity contribution in [3.8, 4) is 0 Å². The van der Waals surface area contributed by atoms with Crippen LogP contribution in [0, 0.1) is 5.82 Å². The van der Waals surface area contributed by atoms with Crippen molar-refractivity contribution in [2.24, 2.45) is 0 Å². The first-order chi connectivity index (χ1) is 9.70. The van der Waals surface area contributed by atoms with Gasteiger partial charge in [0, 0.05) is 17.8 Å². The molecule has 1 aromatic carbocycles. The van der Waals surface area contributed by atoms with E-state index in [-0.39, 0.29) is 5.82 Å². The van der Waals surface area contributed by atoms with E-state index in [1.807, 2.05) is 12.1 Å². The van der Waals surface area contributed by atoms with Crippen LogP contribution in [0.5, 0.6) is 0 Å². The molecule has 0 spiro atoms. The molecule has 2 aliphatic heterocycles. The summed E-state index contributed by atoms with van der Waals surface area (Å²) in [6, 6.07) is 6.83. The Labute approximate surface area is 124 Å². The van der Waals surface area contributed by atoms with Crippen LogP contribution >= 0.6 is 11.6 Å². The second kappa shape index (κ2) is 6.42. The molecule has 0 aliphatic carbocycles. The summed E-state index contributed by atoms with van der Waals surface area (Å²) in [5.41, 5.74) is 1.19. The minimum atomic E-state index is -0.173. The fraction of sp³-hybridized carbons (Fsp3) is 0.625. The van der Waals surface area contributed by atoms with E-state index in [2.05, 4.69) is 4.90 Å². The van der Waals surface area contributed by atoms with Crippen molar-refractivity contribution in [1.82, 2.24) is 4.90 Å². The van der Waals surface area contributed by atoms with Crippen LogP contribution in [0.3, 0.4) is 0 Å². The van der Waals surface area contributed by atoms with Crippen molar-refractivity contribution >= 4 is 11.6 Å². The molecule has 1 aromatic rings. The van der Waals surface area contributed by atoms with Crippen molar-refractivity contribution in [3.05, 3.63) is 35.6 Å². The molecule has 2 saturated heterocycles. The fourth-order valence-corrected chi connectivity index (χ4v) is 3.37. The highest BCUT2D eigenvalue weighted by Gasteiger charge is 2.29. The van der Waals surface area contributed by atoms with Gasteiger partial charge in [-0.3, -0.25) is 0 Å². The van der Waals surface area contributed by atoms with Crippen LogP contribution in [0.15, 0.2) is 24.3 Å². The first-order valence-electron chi connectivity index (χ1n) is 7.44. The van der Waals surface area contributed by atoms with Gasteiger partial charge in [-0.2, -0.15) is 0 Å². The predicted octanol–water partition coefficient (Wildman–Crippen LogP) is 3.40. The van der Waals surface area contributed by atoms with Crippen molar-refractivity contribution in [2.45, 2.75) is 36.7 Å². The van der Waals surface area contributed by atoms with Gasteiger partial charge < -0.3 is 9.64 Å². The van der Waals surface area contributed by atoms with Crippen LogP contribution < -0.4 is 0 Å². The summed E-state index contributed by atoms with van der Waals surface area (Å²) < 4.78 is 18.9. The minimum absolute atomic E-state index is 0.173. The van der Waals surface area contributed by atoms with Crippen LogP contribution in [0.1, 0.15) is 30.7 Å². The van der Waals surface area contributed by atoms with Gasteiger partial charge >= 0.3 is 0 Å². The summed E-state index contributed by atoms with van der Waals surface area (Å²) in [6.45, 7) is 3.91. The number of benzene rings is 1. The minimum Gasteiger partial charge on any atom is -0.376 e. The monoisotopic (exact) mass is 297 g/mol. The van der Waals surface area contributed by atoms with Crippen LogP contribution in [-0.2, 0) is 4.74 Å². The number of hydrogen-bond acceptors (Lipinski definition) is 2. The fourth-order valence-electron chi connectivity index (χ4n) is 3.17. The Morgan fingerprint density at radius 3 is 2.60 bits per heavy atom. The second-order valence-corrected chi connectivity index (χ2v) is 6.53. The number of halogens is 2. The molecule has 20 heavy (non-hydrogen) atoms. The molecule has 2 unspecified atom stereocenters. The van der Waals surface area contributed by atoms with Gasteiger partial charge in [-0.05, 0) is 50.0 Å². The Hall–Kier alpha value is -0.640. The van der Waals surface area contributed by atoms with Gasteiger partial charge in [0.15, 0.2) is 0 Å². The molecule has 0 N–H and O–H groups in total. The van der Waals surface area contributed by atoms with Gasteiger partial charge in [0.2, 0.25) is 0 Å². The highest BCUT2D eigenvalue weighted by atomic mass is 35.5. The quantitative estimate of drug-likeness (QED) is 0.793. The van der Waals surface area contributed by atoms with Crippen molar-refractivity contribution in [2.75, 3.05) is 26.2 Å². The number of likely N-dealkylation sites (tertiary alicyclic amines) is 1. The Morgan fingerprint density at radius 1 is 1.20 bits per heavy atom. The lowest BCUT2D eigenvalue weighted by Crippen LogP contribution is -2.39. The maximum Gasteiger partial charge on any atom is 0.123 e. The highest BCUT2D eigenvalue weighted by Crippen LogP contribution is 2.30. The van der Waals surface area contributed by atoms with Gasteiger partial charge in [0.25, 0.3) is 0 Å². The molecule has 0 aromatic heterocycles. The molecule has 110 valence electrons. The number of rotatable bonds is 3. The Morgan fingerprint density at radius 2 is 1.90 bits per heavy atom. The van der Waals surface area contributed by atoms with E-state index < -0.39 is 0 Å². The van der Waals surface area contributed by atoms with Crippen LogP contribution in [-0.4, -0.2) is 42.6 Å². The van der Waals surface area contributed by atoms with E-state index in [0.29, 0.717) is 17.4 Å². The van der Waals surface area contributed by atoms with Crippen LogP contribution in [0.2, 0.25) is 0 Å². The molecule has 2 aliphatic rings. The first kappa shape index (κ1) is 14.3. The third kappa shape index (κ3) is 3.51. The summed E-state index contributed by atoms with van der Waals surface area (Å²) >= 11 is 6.13. The molecule has 0 saturated carbocycles.